The van der Waals surface area contributed by atoms with Crippen LogP contribution in [0.25, 0.3) is 0 Å². The predicted octanol–water partition coefficient (Wildman–Crippen LogP) is 2.09. The van der Waals surface area contributed by atoms with Crippen molar-refractivity contribution in [3.05, 3.63) is 45.4 Å². The molecular formula is C12H15ClN2O. The fourth-order valence-electron chi connectivity index (χ4n) is 2.15. The van der Waals surface area contributed by atoms with Gasteiger partial charge in [0.05, 0.1) is 0 Å². The maximum absolute atomic E-state index is 11.2. The molecule has 0 saturated heterocycles. The first-order chi connectivity index (χ1) is 7.66. The van der Waals surface area contributed by atoms with Crippen LogP contribution in [-0.4, -0.2) is 11.5 Å². The topological polar surface area (TPSA) is 44.9 Å². The second kappa shape index (κ2) is 4.85. The molecule has 0 bridgehead atoms. The molecule has 86 valence electrons. The molecule has 0 saturated carbocycles. The van der Waals surface area contributed by atoms with E-state index in [1.807, 2.05) is 6.07 Å². The zero-order chi connectivity index (χ0) is 11.5. The summed E-state index contributed by atoms with van der Waals surface area (Å²) >= 11 is 5.73. The molecule has 4 heteroatoms. The largest absolute Gasteiger partial charge is 0.326 e. The van der Waals surface area contributed by atoms with E-state index < -0.39 is 0 Å². The molecular weight excluding hydrogens is 224 g/mol. The van der Waals surface area contributed by atoms with E-state index >= 15 is 0 Å². The van der Waals surface area contributed by atoms with Gasteiger partial charge in [-0.05, 0) is 24.8 Å². The first kappa shape index (κ1) is 11.4. The number of fused-ring (bicyclic) bond motifs is 1. The van der Waals surface area contributed by atoms with E-state index in [1.165, 1.54) is 5.56 Å². The van der Waals surface area contributed by atoms with Crippen molar-refractivity contribution in [3.8, 4) is 0 Å². The molecule has 0 spiro atoms. The number of nitrogens with one attached hydrogen (secondary N) is 2. The van der Waals surface area contributed by atoms with E-state index in [1.54, 1.807) is 6.07 Å². The summed E-state index contributed by atoms with van der Waals surface area (Å²) in [5.74, 6) is 0. The van der Waals surface area contributed by atoms with Gasteiger partial charge in [-0.2, -0.15) is 0 Å². The Morgan fingerprint density at radius 3 is 3.19 bits per heavy atom. The average molecular weight is 239 g/mol. The average Bonchev–Trinajstić information content (AvgIpc) is 2.25. The van der Waals surface area contributed by atoms with Gasteiger partial charge in [0.1, 0.15) is 0 Å². The quantitative estimate of drug-likeness (QED) is 0.847. The monoisotopic (exact) mass is 238 g/mol. The third-order valence-electron chi connectivity index (χ3n) is 2.87. The number of aryl methyl sites for hydroxylation is 1. The summed E-state index contributed by atoms with van der Waals surface area (Å²) in [4.78, 5) is 14.1. The van der Waals surface area contributed by atoms with Gasteiger partial charge in [0.25, 0.3) is 0 Å². The number of rotatable bonds is 3. The Kier molecular flexibility index (Phi) is 3.46. The molecule has 0 aliphatic heterocycles. The number of hydrogen-bond donors (Lipinski definition) is 2. The van der Waals surface area contributed by atoms with Crippen molar-refractivity contribution in [2.45, 2.75) is 25.3 Å². The third kappa shape index (κ3) is 2.54. The van der Waals surface area contributed by atoms with Crippen LogP contribution in [0.2, 0.25) is 0 Å². The van der Waals surface area contributed by atoms with E-state index in [-0.39, 0.29) is 11.6 Å². The lowest BCUT2D eigenvalue weighted by Gasteiger charge is -2.25. The molecule has 1 aliphatic rings. The Hall–Kier alpha value is -1.06. The normalized spacial score (nSPS) is 19.2. The van der Waals surface area contributed by atoms with Crippen molar-refractivity contribution < 1.29 is 0 Å². The zero-order valence-electron chi connectivity index (χ0n) is 9.05. The van der Waals surface area contributed by atoms with Crippen LogP contribution < -0.4 is 10.9 Å². The van der Waals surface area contributed by atoms with Gasteiger partial charge < -0.3 is 10.3 Å². The summed E-state index contributed by atoms with van der Waals surface area (Å²) in [7, 11) is 0. The fourth-order valence-corrected chi connectivity index (χ4v) is 2.22. The van der Waals surface area contributed by atoms with Crippen LogP contribution in [0.15, 0.2) is 28.5 Å². The minimum atomic E-state index is -0.0267. The van der Waals surface area contributed by atoms with Crippen molar-refractivity contribution in [1.29, 1.82) is 0 Å². The summed E-state index contributed by atoms with van der Waals surface area (Å²) in [6.45, 7) is 4.26. The van der Waals surface area contributed by atoms with E-state index in [0.29, 0.717) is 11.6 Å². The van der Waals surface area contributed by atoms with Crippen LogP contribution >= 0.6 is 11.6 Å². The van der Waals surface area contributed by atoms with E-state index in [4.69, 9.17) is 11.6 Å². The fraction of sp³-hybridized carbons (Fsp3) is 0.417. The summed E-state index contributed by atoms with van der Waals surface area (Å²) in [5.41, 5.74) is 2.21. The van der Waals surface area contributed by atoms with Gasteiger partial charge in [0.15, 0.2) is 0 Å². The SMILES string of the molecule is C=C(Cl)CNC1CCCc2[nH]c(=O)ccc21. The second-order valence-corrected chi connectivity index (χ2v) is 4.63. The molecule has 0 fully saturated rings. The van der Waals surface area contributed by atoms with E-state index in [9.17, 15) is 4.79 Å². The molecule has 1 heterocycles. The first-order valence-corrected chi connectivity index (χ1v) is 5.83. The Morgan fingerprint density at radius 2 is 2.44 bits per heavy atom. The maximum atomic E-state index is 11.2. The number of aromatic nitrogens is 1. The molecule has 16 heavy (non-hydrogen) atoms. The third-order valence-corrected chi connectivity index (χ3v) is 3.01. The van der Waals surface area contributed by atoms with Crippen LogP contribution in [0.5, 0.6) is 0 Å². The Labute approximate surface area is 99.5 Å². The van der Waals surface area contributed by atoms with Gasteiger partial charge in [-0.3, -0.25) is 4.79 Å². The lowest BCUT2D eigenvalue weighted by Crippen LogP contribution is -2.28. The Bertz CT molecular complexity index is 453. The van der Waals surface area contributed by atoms with Crippen molar-refractivity contribution in [2.24, 2.45) is 0 Å². The van der Waals surface area contributed by atoms with Crippen LogP contribution in [-0.2, 0) is 6.42 Å². The van der Waals surface area contributed by atoms with E-state index in [0.717, 1.165) is 25.0 Å². The molecule has 0 radical (unpaired) electrons. The van der Waals surface area contributed by atoms with Crippen LogP contribution in [0.4, 0.5) is 0 Å². The predicted molar refractivity (Wildman–Crippen MR) is 65.7 cm³/mol. The standard InChI is InChI=1S/C12H15ClN2O/c1-8(13)7-14-10-3-2-4-11-9(10)5-6-12(16)15-11/h5-6,10,14H,1-4,7H2,(H,15,16). The molecule has 2 rings (SSSR count). The minimum absolute atomic E-state index is 0.0267. The smallest absolute Gasteiger partial charge is 0.248 e. The number of halogens is 1. The molecule has 1 aliphatic carbocycles. The van der Waals surface area contributed by atoms with Crippen molar-refractivity contribution in [3.63, 3.8) is 0 Å². The number of aromatic amines is 1. The number of pyridine rings is 1. The van der Waals surface area contributed by atoms with Crippen LogP contribution in [0, 0.1) is 0 Å². The number of hydrogen-bond acceptors (Lipinski definition) is 2. The maximum Gasteiger partial charge on any atom is 0.248 e. The molecule has 2 N–H and O–H groups in total. The summed E-state index contributed by atoms with van der Waals surface area (Å²) in [5, 5.41) is 3.95. The summed E-state index contributed by atoms with van der Waals surface area (Å²) in [6.07, 6.45) is 3.11. The van der Waals surface area contributed by atoms with Crippen molar-refractivity contribution >= 4 is 11.6 Å². The van der Waals surface area contributed by atoms with Gasteiger partial charge in [-0.25, -0.2) is 0 Å². The lowest BCUT2D eigenvalue weighted by atomic mass is 9.91. The van der Waals surface area contributed by atoms with Crippen LogP contribution in [0.1, 0.15) is 30.1 Å². The Morgan fingerprint density at radius 1 is 1.62 bits per heavy atom. The zero-order valence-corrected chi connectivity index (χ0v) is 9.81. The van der Waals surface area contributed by atoms with Crippen LogP contribution in [0.3, 0.4) is 0 Å². The highest BCUT2D eigenvalue weighted by atomic mass is 35.5. The highest BCUT2D eigenvalue weighted by Gasteiger charge is 2.19. The summed E-state index contributed by atoms with van der Waals surface area (Å²) in [6, 6.07) is 3.76. The van der Waals surface area contributed by atoms with Gasteiger partial charge >= 0.3 is 0 Å². The Balaban J connectivity index is 2.19. The second-order valence-electron chi connectivity index (χ2n) is 4.10. The molecule has 1 aromatic rings. The lowest BCUT2D eigenvalue weighted by molar-refractivity contribution is 0.472. The van der Waals surface area contributed by atoms with Gasteiger partial charge in [0, 0.05) is 29.4 Å². The molecule has 0 aromatic carbocycles. The van der Waals surface area contributed by atoms with Crippen molar-refractivity contribution in [2.75, 3.05) is 6.54 Å². The van der Waals surface area contributed by atoms with E-state index in [2.05, 4.69) is 16.9 Å². The molecule has 0 amide bonds. The van der Waals surface area contributed by atoms with Crippen molar-refractivity contribution in [1.82, 2.24) is 10.3 Å². The van der Waals surface area contributed by atoms with Gasteiger partial charge in [0.2, 0.25) is 5.56 Å². The molecule has 1 aromatic heterocycles. The molecule has 3 nitrogen and oxygen atoms in total. The highest BCUT2D eigenvalue weighted by Crippen LogP contribution is 2.27. The first-order valence-electron chi connectivity index (χ1n) is 5.45. The summed E-state index contributed by atoms with van der Waals surface area (Å²) < 4.78 is 0. The molecule has 1 atom stereocenters. The molecule has 1 unspecified atom stereocenters. The van der Waals surface area contributed by atoms with Gasteiger partial charge in [-0.1, -0.05) is 24.2 Å². The minimum Gasteiger partial charge on any atom is -0.326 e. The highest BCUT2D eigenvalue weighted by molar-refractivity contribution is 6.29. The van der Waals surface area contributed by atoms with Gasteiger partial charge in [-0.15, -0.1) is 0 Å². The number of H-pyrrole nitrogens is 1.